The van der Waals surface area contributed by atoms with Crippen molar-refractivity contribution in [1.29, 1.82) is 0 Å². The van der Waals surface area contributed by atoms with Crippen LogP contribution in [0.3, 0.4) is 0 Å². The summed E-state index contributed by atoms with van der Waals surface area (Å²) in [7, 11) is 0. The molecule has 1 heterocycles. The van der Waals surface area contributed by atoms with Gasteiger partial charge in [0.1, 0.15) is 0 Å². The number of β-amino-alcohol motifs (C(OH)–C–C–N with tert-alkyl or cyclic N) is 1. The summed E-state index contributed by atoms with van der Waals surface area (Å²) in [4.78, 5) is 2.57. The summed E-state index contributed by atoms with van der Waals surface area (Å²) in [5.41, 5.74) is 2.05. The predicted molar refractivity (Wildman–Crippen MR) is 99.1 cm³/mol. The molecule has 6 aliphatic rings. The normalized spacial score (nSPS) is 54.9. The quantitative estimate of drug-likeness (QED) is 0.755. The Hall–Kier alpha value is -0.380. The molecule has 0 aromatic carbocycles. The van der Waals surface area contributed by atoms with E-state index in [-0.39, 0.29) is 18.1 Å². The number of aliphatic hydroxyl groups is 2. The maximum atomic E-state index is 11.2. The van der Waals surface area contributed by atoms with Crippen molar-refractivity contribution in [2.45, 2.75) is 64.4 Å². The van der Waals surface area contributed by atoms with E-state index in [1.54, 1.807) is 0 Å². The van der Waals surface area contributed by atoms with Crippen molar-refractivity contribution < 1.29 is 10.2 Å². The molecule has 4 bridgehead atoms. The summed E-state index contributed by atoms with van der Waals surface area (Å²) >= 11 is 0. The number of fused-ring (bicyclic) bond motifs is 2. The Morgan fingerprint density at radius 2 is 1.88 bits per heavy atom. The standard InChI is InChI=1S/C22H35NO2/c1-15-16-4-8-21(19(15)25)9-5-17-20(2)6-3-7-22(17,18(21)12-16)14-23(13-20)10-11-24/h16-19,24-25H,1,3-14H2,2H3/t16?,17-,18-,19-,20+,21+,22+/m1/s1. The van der Waals surface area contributed by atoms with Crippen LogP contribution in [0.25, 0.3) is 0 Å². The molecule has 7 atom stereocenters. The van der Waals surface area contributed by atoms with Gasteiger partial charge in [-0.3, -0.25) is 4.90 Å². The van der Waals surface area contributed by atoms with Crippen LogP contribution < -0.4 is 0 Å². The van der Waals surface area contributed by atoms with Gasteiger partial charge in [0.15, 0.2) is 0 Å². The average Bonchev–Trinajstić information content (AvgIpc) is 2.58. The molecule has 0 aromatic heterocycles. The first-order chi connectivity index (χ1) is 12.0. The van der Waals surface area contributed by atoms with Crippen LogP contribution in [0.4, 0.5) is 0 Å². The monoisotopic (exact) mass is 345 g/mol. The average molecular weight is 346 g/mol. The molecule has 1 spiro atoms. The van der Waals surface area contributed by atoms with Gasteiger partial charge in [-0.1, -0.05) is 19.9 Å². The number of hydrogen-bond donors (Lipinski definition) is 2. The van der Waals surface area contributed by atoms with Crippen LogP contribution in [-0.4, -0.2) is 47.5 Å². The summed E-state index contributed by atoms with van der Waals surface area (Å²) in [5, 5.41) is 20.8. The Bertz CT molecular complexity index is 591. The molecule has 1 unspecified atom stereocenters. The van der Waals surface area contributed by atoms with Crippen molar-refractivity contribution in [3.8, 4) is 0 Å². The molecule has 5 aliphatic carbocycles. The van der Waals surface area contributed by atoms with Crippen LogP contribution in [0.15, 0.2) is 12.2 Å². The van der Waals surface area contributed by atoms with Gasteiger partial charge in [-0.25, -0.2) is 0 Å². The van der Waals surface area contributed by atoms with E-state index in [9.17, 15) is 10.2 Å². The van der Waals surface area contributed by atoms with E-state index < -0.39 is 0 Å². The minimum Gasteiger partial charge on any atom is -0.395 e. The van der Waals surface area contributed by atoms with Gasteiger partial charge in [0.25, 0.3) is 0 Å². The van der Waals surface area contributed by atoms with Crippen LogP contribution in [-0.2, 0) is 0 Å². The highest BCUT2D eigenvalue weighted by atomic mass is 16.3. The summed E-state index contributed by atoms with van der Waals surface area (Å²) < 4.78 is 0. The van der Waals surface area contributed by atoms with E-state index in [4.69, 9.17) is 0 Å². The van der Waals surface area contributed by atoms with E-state index in [1.807, 2.05) is 0 Å². The van der Waals surface area contributed by atoms with Gasteiger partial charge in [-0.2, -0.15) is 0 Å². The Kier molecular flexibility index (Phi) is 3.57. The lowest BCUT2D eigenvalue weighted by atomic mass is 9.35. The van der Waals surface area contributed by atoms with Crippen LogP contribution in [0.1, 0.15) is 58.3 Å². The van der Waals surface area contributed by atoms with E-state index in [0.717, 1.165) is 24.6 Å². The topological polar surface area (TPSA) is 43.7 Å². The first-order valence-corrected chi connectivity index (χ1v) is 10.7. The number of hydrogen-bond acceptors (Lipinski definition) is 3. The molecule has 3 heteroatoms. The molecule has 0 aromatic rings. The first kappa shape index (κ1) is 16.8. The van der Waals surface area contributed by atoms with Gasteiger partial charge in [-0.05, 0) is 79.1 Å². The second-order valence-corrected chi connectivity index (χ2v) is 10.5. The highest BCUT2D eigenvalue weighted by Gasteiger charge is 2.69. The highest BCUT2D eigenvalue weighted by molar-refractivity contribution is 5.27. The van der Waals surface area contributed by atoms with E-state index in [1.165, 1.54) is 57.9 Å². The number of rotatable bonds is 2. The Labute approximate surface area is 152 Å². The minimum atomic E-state index is -0.262. The lowest BCUT2D eigenvalue weighted by Crippen LogP contribution is -2.71. The van der Waals surface area contributed by atoms with Gasteiger partial charge >= 0.3 is 0 Å². The molecule has 140 valence electrons. The molecular weight excluding hydrogens is 310 g/mol. The number of aliphatic hydroxyl groups excluding tert-OH is 2. The van der Waals surface area contributed by atoms with Crippen LogP contribution in [0.2, 0.25) is 0 Å². The van der Waals surface area contributed by atoms with Gasteiger partial charge in [0.2, 0.25) is 0 Å². The molecule has 25 heavy (non-hydrogen) atoms. The largest absolute Gasteiger partial charge is 0.395 e. The molecule has 5 saturated carbocycles. The fraction of sp³-hybridized carbons (Fsp3) is 0.909. The van der Waals surface area contributed by atoms with Gasteiger partial charge in [-0.15, -0.1) is 0 Å². The Morgan fingerprint density at radius 3 is 2.68 bits per heavy atom. The van der Waals surface area contributed by atoms with Crippen LogP contribution in [0.5, 0.6) is 0 Å². The predicted octanol–water partition coefficient (Wildman–Crippen LogP) is 3.21. The summed E-state index contributed by atoms with van der Waals surface area (Å²) in [6.45, 7) is 10.3. The van der Waals surface area contributed by atoms with Crippen molar-refractivity contribution in [3.63, 3.8) is 0 Å². The summed E-state index contributed by atoms with van der Waals surface area (Å²) in [6.07, 6.45) is 10.0. The fourth-order valence-corrected chi connectivity index (χ4v) is 8.86. The number of piperidine rings is 1. The van der Waals surface area contributed by atoms with E-state index in [0.29, 0.717) is 22.7 Å². The zero-order chi connectivity index (χ0) is 17.4. The van der Waals surface area contributed by atoms with E-state index >= 15 is 0 Å². The maximum Gasteiger partial charge on any atom is 0.0809 e. The molecule has 0 radical (unpaired) electrons. The molecule has 6 fully saturated rings. The van der Waals surface area contributed by atoms with Gasteiger partial charge in [0.05, 0.1) is 12.7 Å². The molecular formula is C22H35NO2. The van der Waals surface area contributed by atoms with Gasteiger partial charge < -0.3 is 10.2 Å². The Balaban J connectivity index is 1.59. The molecule has 1 aliphatic heterocycles. The van der Waals surface area contributed by atoms with Crippen molar-refractivity contribution in [3.05, 3.63) is 12.2 Å². The maximum absolute atomic E-state index is 11.2. The highest BCUT2D eigenvalue weighted by Crippen LogP contribution is 2.73. The molecule has 1 saturated heterocycles. The second kappa shape index (κ2) is 5.33. The van der Waals surface area contributed by atoms with Gasteiger partial charge in [0, 0.05) is 25.0 Å². The molecule has 3 nitrogen and oxygen atoms in total. The molecule has 6 rings (SSSR count). The zero-order valence-corrected chi connectivity index (χ0v) is 15.8. The second-order valence-electron chi connectivity index (χ2n) is 10.5. The molecule has 0 amide bonds. The van der Waals surface area contributed by atoms with Crippen molar-refractivity contribution in [2.75, 3.05) is 26.2 Å². The molecule has 2 N–H and O–H groups in total. The third kappa shape index (κ3) is 1.98. The van der Waals surface area contributed by atoms with Crippen molar-refractivity contribution in [1.82, 2.24) is 4.90 Å². The summed E-state index contributed by atoms with van der Waals surface area (Å²) in [5.74, 6) is 2.04. The minimum absolute atomic E-state index is 0.114. The Morgan fingerprint density at radius 1 is 1.08 bits per heavy atom. The number of likely N-dealkylation sites (tertiary alicyclic amines) is 1. The SMILES string of the molecule is C=C1C2CC[C@@]3(CC[C@@H]4[C@@]5(C)CCC[C@@]4(CN(CCO)C5)[C@@H]3C2)[C@@H]1O. The summed E-state index contributed by atoms with van der Waals surface area (Å²) in [6, 6.07) is 0. The number of nitrogens with zero attached hydrogens (tertiary/aromatic N) is 1. The third-order valence-electron chi connectivity index (χ3n) is 9.63. The van der Waals surface area contributed by atoms with Crippen molar-refractivity contribution >= 4 is 0 Å². The van der Waals surface area contributed by atoms with E-state index in [2.05, 4.69) is 18.4 Å². The first-order valence-electron chi connectivity index (χ1n) is 10.7. The fourth-order valence-electron chi connectivity index (χ4n) is 8.86. The van der Waals surface area contributed by atoms with Crippen LogP contribution in [0, 0.1) is 34.0 Å². The smallest absolute Gasteiger partial charge is 0.0809 e. The third-order valence-corrected chi connectivity index (χ3v) is 9.63. The zero-order valence-electron chi connectivity index (χ0n) is 15.8. The van der Waals surface area contributed by atoms with Crippen LogP contribution >= 0.6 is 0 Å². The lowest BCUT2D eigenvalue weighted by molar-refractivity contribution is -0.240. The lowest BCUT2D eigenvalue weighted by Gasteiger charge is -2.73. The van der Waals surface area contributed by atoms with Crippen molar-refractivity contribution in [2.24, 2.45) is 34.0 Å².